The van der Waals surface area contributed by atoms with Gasteiger partial charge < -0.3 is 4.79 Å². The molecular formula is C27H54O. The molecule has 0 spiro atoms. The van der Waals surface area contributed by atoms with E-state index in [-0.39, 0.29) is 0 Å². The zero-order valence-corrected chi connectivity index (χ0v) is 20.0. The largest absolute Gasteiger partial charge is 0.300 e. The summed E-state index contributed by atoms with van der Waals surface area (Å²) in [7, 11) is 0. The number of Topliss-reactive ketones (excluding diaryl/α,β-unsaturated/α-hetero) is 1. The van der Waals surface area contributed by atoms with E-state index in [1.54, 1.807) is 6.92 Å². The molecule has 28 heavy (non-hydrogen) atoms. The monoisotopic (exact) mass is 394 g/mol. The Morgan fingerprint density at radius 3 is 1.11 bits per heavy atom. The highest BCUT2D eigenvalue weighted by atomic mass is 16.1. The molecule has 0 unspecified atom stereocenters. The van der Waals surface area contributed by atoms with E-state index in [4.69, 9.17) is 0 Å². The SMILES string of the molecule is CCCCCCCCCCCCCCCCCCCCCC[C@@H](C)CC(C)=O. The first-order valence-electron chi connectivity index (χ1n) is 13.2. The summed E-state index contributed by atoms with van der Waals surface area (Å²) in [5, 5.41) is 0. The van der Waals surface area contributed by atoms with Gasteiger partial charge in [-0.2, -0.15) is 0 Å². The fraction of sp³-hybridized carbons (Fsp3) is 0.963. The van der Waals surface area contributed by atoms with Crippen molar-refractivity contribution in [1.29, 1.82) is 0 Å². The molecule has 0 fully saturated rings. The van der Waals surface area contributed by atoms with Crippen LogP contribution in [-0.2, 0) is 4.79 Å². The summed E-state index contributed by atoms with van der Waals surface area (Å²) in [5.74, 6) is 0.939. The molecule has 168 valence electrons. The molecule has 1 heteroatoms. The van der Waals surface area contributed by atoms with E-state index in [0.29, 0.717) is 11.7 Å². The molecule has 0 aromatic rings. The normalized spacial score (nSPS) is 12.4. The lowest BCUT2D eigenvalue weighted by molar-refractivity contribution is -0.117. The highest BCUT2D eigenvalue weighted by Gasteiger charge is 2.04. The number of carbonyl (C=O) groups excluding carboxylic acids is 1. The zero-order valence-electron chi connectivity index (χ0n) is 20.0. The van der Waals surface area contributed by atoms with Crippen LogP contribution in [0.3, 0.4) is 0 Å². The van der Waals surface area contributed by atoms with Crippen LogP contribution in [-0.4, -0.2) is 5.78 Å². The molecule has 0 saturated carbocycles. The molecule has 0 heterocycles. The van der Waals surface area contributed by atoms with Crippen LogP contribution in [0.25, 0.3) is 0 Å². The maximum absolute atomic E-state index is 11.1. The van der Waals surface area contributed by atoms with E-state index in [0.717, 1.165) is 6.42 Å². The van der Waals surface area contributed by atoms with Crippen LogP contribution >= 0.6 is 0 Å². The van der Waals surface area contributed by atoms with Crippen LogP contribution < -0.4 is 0 Å². The summed E-state index contributed by atoms with van der Waals surface area (Å²) in [6.45, 7) is 6.23. The number of unbranched alkanes of at least 4 members (excludes halogenated alkanes) is 19. The molecule has 0 aliphatic heterocycles. The van der Waals surface area contributed by atoms with E-state index in [1.807, 2.05) is 0 Å². The summed E-state index contributed by atoms with van der Waals surface area (Å²) in [4.78, 5) is 11.1. The second-order valence-electron chi connectivity index (χ2n) is 9.52. The Hall–Kier alpha value is -0.330. The fourth-order valence-electron chi connectivity index (χ4n) is 4.34. The highest BCUT2D eigenvalue weighted by molar-refractivity contribution is 5.75. The van der Waals surface area contributed by atoms with Gasteiger partial charge in [0.1, 0.15) is 5.78 Å². The van der Waals surface area contributed by atoms with Gasteiger partial charge in [0.2, 0.25) is 0 Å². The average molecular weight is 395 g/mol. The summed E-state index contributed by atoms with van der Waals surface area (Å²) in [5.41, 5.74) is 0. The van der Waals surface area contributed by atoms with Crippen molar-refractivity contribution in [3.63, 3.8) is 0 Å². The van der Waals surface area contributed by atoms with Gasteiger partial charge in [0, 0.05) is 6.42 Å². The van der Waals surface area contributed by atoms with Crippen molar-refractivity contribution in [2.24, 2.45) is 5.92 Å². The van der Waals surface area contributed by atoms with Gasteiger partial charge in [-0.25, -0.2) is 0 Å². The Morgan fingerprint density at radius 1 is 0.536 bits per heavy atom. The second-order valence-corrected chi connectivity index (χ2v) is 9.52. The second kappa shape index (κ2) is 23.0. The van der Waals surface area contributed by atoms with Gasteiger partial charge in [0.25, 0.3) is 0 Å². The standard InChI is InChI=1S/C27H54O/c1-4-5-6-7-8-9-10-11-12-13-14-15-16-17-18-19-20-21-22-23-24-26(2)25-27(3)28/h26H,4-25H2,1-3H3/t26-/m1/s1. The first-order valence-corrected chi connectivity index (χ1v) is 13.2. The molecular weight excluding hydrogens is 340 g/mol. The number of hydrogen-bond acceptors (Lipinski definition) is 1. The van der Waals surface area contributed by atoms with Crippen LogP contribution in [0.15, 0.2) is 0 Å². The third-order valence-corrected chi connectivity index (χ3v) is 6.19. The van der Waals surface area contributed by atoms with Crippen LogP contribution in [0, 0.1) is 5.92 Å². The highest BCUT2D eigenvalue weighted by Crippen LogP contribution is 2.17. The molecule has 0 radical (unpaired) electrons. The lowest BCUT2D eigenvalue weighted by Gasteiger charge is -2.08. The number of rotatable bonds is 23. The minimum atomic E-state index is 0.348. The van der Waals surface area contributed by atoms with Gasteiger partial charge in [-0.05, 0) is 12.8 Å². The third kappa shape index (κ3) is 23.7. The molecule has 0 rings (SSSR count). The third-order valence-electron chi connectivity index (χ3n) is 6.19. The number of hydrogen-bond donors (Lipinski definition) is 0. The van der Waals surface area contributed by atoms with Crippen molar-refractivity contribution in [2.45, 2.75) is 162 Å². The molecule has 0 amide bonds. The van der Waals surface area contributed by atoms with E-state index < -0.39 is 0 Å². The maximum atomic E-state index is 11.1. The van der Waals surface area contributed by atoms with Crippen molar-refractivity contribution in [1.82, 2.24) is 0 Å². The van der Waals surface area contributed by atoms with Gasteiger partial charge in [0.05, 0.1) is 0 Å². The zero-order chi connectivity index (χ0) is 20.7. The molecule has 0 aliphatic rings. The quantitative estimate of drug-likeness (QED) is 0.158. The summed E-state index contributed by atoms with van der Waals surface area (Å²) < 4.78 is 0. The molecule has 0 aromatic carbocycles. The molecule has 0 aromatic heterocycles. The summed E-state index contributed by atoms with van der Waals surface area (Å²) in [6.07, 6.45) is 30.8. The van der Waals surface area contributed by atoms with E-state index in [9.17, 15) is 4.79 Å². The van der Waals surface area contributed by atoms with Gasteiger partial charge in [-0.3, -0.25) is 0 Å². The topological polar surface area (TPSA) is 17.1 Å². The predicted molar refractivity (Wildman–Crippen MR) is 127 cm³/mol. The van der Waals surface area contributed by atoms with Crippen LogP contribution in [0.2, 0.25) is 0 Å². The van der Waals surface area contributed by atoms with Crippen molar-refractivity contribution in [3.05, 3.63) is 0 Å². The van der Waals surface area contributed by atoms with E-state index in [2.05, 4.69) is 13.8 Å². The lowest BCUT2D eigenvalue weighted by Crippen LogP contribution is -2.01. The van der Waals surface area contributed by atoms with Crippen LogP contribution in [0.4, 0.5) is 0 Å². The van der Waals surface area contributed by atoms with Gasteiger partial charge in [-0.15, -0.1) is 0 Å². The first-order chi connectivity index (χ1) is 13.7. The number of ketones is 1. The van der Waals surface area contributed by atoms with Crippen molar-refractivity contribution < 1.29 is 4.79 Å². The Bertz CT molecular complexity index is 309. The Balaban J connectivity index is 3.06. The Morgan fingerprint density at radius 2 is 0.821 bits per heavy atom. The summed E-state index contributed by atoms with van der Waals surface area (Å²) in [6, 6.07) is 0. The van der Waals surface area contributed by atoms with Crippen LogP contribution in [0.1, 0.15) is 162 Å². The molecule has 0 N–H and O–H groups in total. The van der Waals surface area contributed by atoms with Crippen molar-refractivity contribution in [2.75, 3.05) is 0 Å². The van der Waals surface area contributed by atoms with Crippen molar-refractivity contribution >= 4 is 5.78 Å². The maximum Gasteiger partial charge on any atom is 0.130 e. The smallest absolute Gasteiger partial charge is 0.130 e. The number of carbonyl (C=O) groups is 1. The Labute approximate surface area is 178 Å². The minimum Gasteiger partial charge on any atom is -0.300 e. The average Bonchev–Trinajstić information content (AvgIpc) is 2.66. The van der Waals surface area contributed by atoms with Gasteiger partial charge in [0.15, 0.2) is 0 Å². The predicted octanol–water partition coefficient (Wildman–Crippen LogP) is 9.81. The van der Waals surface area contributed by atoms with Gasteiger partial charge in [-0.1, -0.05) is 149 Å². The Kier molecular flexibility index (Phi) is 22.7. The molecule has 0 aliphatic carbocycles. The summed E-state index contributed by atoms with van der Waals surface area (Å²) >= 11 is 0. The van der Waals surface area contributed by atoms with Crippen LogP contribution in [0.5, 0.6) is 0 Å². The van der Waals surface area contributed by atoms with E-state index >= 15 is 0 Å². The molecule has 0 saturated heterocycles. The first kappa shape index (κ1) is 27.7. The van der Waals surface area contributed by atoms with Gasteiger partial charge >= 0.3 is 0 Å². The fourth-order valence-corrected chi connectivity index (χ4v) is 4.34. The van der Waals surface area contributed by atoms with E-state index in [1.165, 1.54) is 135 Å². The van der Waals surface area contributed by atoms with Crippen molar-refractivity contribution in [3.8, 4) is 0 Å². The minimum absolute atomic E-state index is 0.348. The molecule has 1 nitrogen and oxygen atoms in total. The lowest BCUT2D eigenvalue weighted by atomic mass is 9.97. The molecule has 1 atom stereocenters. The molecule has 0 bridgehead atoms.